The number of methoxy groups -OCH3 is 2. The van der Waals surface area contributed by atoms with Gasteiger partial charge in [0.25, 0.3) is 0 Å². The van der Waals surface area contributed by atoms with Crippen LogP contribution in [0.4, 0.5) is 0 Å². The third kappa shape index (κ3) is 11.8. The van der Waals surface area contributed by atoms with Crippen LogP contribution in [0.1, 0.15) is 60.8 Å². The van der Waals surface area contributed by atoms with Gasteiger partial charge in [-0.05, 0) is 13.8 Å². The molecule has 3 N–H and O–H groups in total. The first-order valence-electron chi connectivity index (χ1n) is 9.50. The first-order valence-corrected chi connectivity index (χ1v) is 9.50. The van der Waals surface area contributed by atoms with Crippen LogP contribution in [0.25, 0.3) is 0 Å². The molecular weight excluding hydrogens is 400 g/mol. The van der Waals surface area contributed by atoms with E-state index in [2.05, 4.69) is 4.74 Å². The fourth-order valence-electron chi connectivity index (χ4n) is 2.15. The van der Waals surface area contributed by atoms with Crippen molar-refractivity contribution in [2.24, 2.45) is 17.8 Å². The molecule has 0 amide bonds. The van der Waals surface area contributed by atoms with E-state index in [4.69, 9.17) is 19.7 Å². The van der Waals surface area contributed by atoms with Crippen molar-refractivity contribution in [3.05, 3.63) is 0 Å². The summed E-state index contributed by atoms with van der Waals surface area (Å²) in [6, 6.07) is 0. The van der Waals surface area contributed by atoms with Crippen LogP contribution in [-0.2, 0) is 33.4 Å². The van der Waals surface area contributed by atoms with E-state index in [1.165, 1.54) is 28.1 Å². The van der Waals surface area contributed by atoms with E-state index in [-0.39, 0.29) is 42.3 Å². The van der Waals surface area contributed by atoms with E-state index < -0.39 is 23.5 Å². The lowest BCUT2D eigenvalue weighted by Crippen LogP contribution is -2.38. The minimum Gasteiger partial charge on any atom is -0.481 e. The van der Waals surface area contributed by atoms with Crippen LogP contribution < -0.4 is 0 Å². The first kappa shape index (κ1) is 30.2. The monoisotopic (exact) mass is 436 g/mol. The number of aliphatic hydroxyl groups is 1. The Hall–Kier alpha value is -2.04. The number of ether oxygens (including phenoxy) is 3. The van der Waals surface area contributed by atoms with Gasteiger partial charge in [-0.3, -0.25) is 19.2 Å². The SMILES string of the molecule is CC(=O)C(C)CC(=O)O.CC1CC(=O)OC1(C)O.COC(C)(OC)C(C)CC(=O)O. The molecule has 0 aromatic heterocycles. The Bertz CT molecular complexity index is 580. The minimum absolute atomic E-state index is 0.0399. The van der Waals surface area contributed by atoms with Gasteiger partial charge in [-0.1, -0.05) is 20.8 Å². The lowest BCUT2D eigenvalue weighted by Gasteiger charge is -2.31. The number of rotatable bonds is 8. The van der Waals surface area contributed by atoms with Gasteiger partial charge in [0.2, 0.25) is 5.79 Å². The summed E-state index contributed by atoms with van der Waals surface area (Å²) in [6.07, 6.45) is 0.306. The van der Waals surface area contributed by atoms with E-state index in [1.54, 1.807) is 27.7 Å². The predicted molar refractivity (Wildman–Crippen MR) is 106 cm³/mol. The van der Waals surface area contributed by atoms with Gasteiger partial charge in [0.1, 0.15) is 5.78 Å². The molecule has 10 heteroatoms. The van der Waals surface area contributed by atoms with Crippen LogP contribution in [0.3, 0.4) is 0 Å². The van der Waals surface area contributed by atoms with E-state index >= 15 is 0 Å². The zero-order valence-electron chi connectivity index (χ0n) is 19.1. The van der Waals surface area contributed by atoms with Crippen LogP contribution in [0.15, 0.2) is 0 Å². The fourth-order valence-corrected chi connectivity index (χ4v) is 2.15. The molecule has 10 nitrogen and oxygen atoms in total. The van der Waals surface area contributed by atoms with E-state index in [0.717, 1.165) is 0 Å². The largest absolute Gasteiger partial charge is 0.481 e. The van der Waals surface area contributed by atoms with Crippen molar-refractivity contribution in [1.29, 1.82) is 0 Å². The summed E-state index contributed by atoms with van der Waals surface area (Å²) in [4.78, 5) is 41.2. The van der Waals surface area contributed by atoms with Crippen LogP contribution in [-0.4, -0.2) is 64.8 Å². The summed E-state index contributed by atoms with van der Waals surface area (Å²) in [7, 11) is 3.00. The zero-order valence-corrected chi connectivity index (χ0v) is 19.1. The number of ketones is 1. The lowest BCUT2D eigenvalue weighted by molar-refractivity contribution is -0.225. The average molecular weight is 436 g/mol. The number of hydrogen-bond donors (Lipinski definition) is 3. The second-order valence-corrected chi connectivity index (χ2v) is 7.67. The molecule has 0 spiro atoms. The number of carboxylic acid groups (broad SMARTS) is 2. The minimum atomic E-state index is -1.23. The third-order valence-corrected chi connectivity index (χ3v) is 5.07. The van der Waals surface area contributed by atoms with Crippen LogP contribution >= 0.6 is 0 Å². The van der Waals surface area contributed by atoms with Gasteiger partial charge in [-0.25, -0.2) is 0 Å². The van der Waals surface area contributed by atoms with Crippen molar-refractivity contribution >= 4 is 23.7 Å². The number of Topliss-reactive ketones (excluding diaryl/α,β-unsaturated/α-hetero) is 1. The summed E-state index contributed by atoms with van der Waals surface area (Å²) >= 11 is 0. The Kier molecular flexibility index (Phi) is 13.4. The van der Waals surface area contributed by atoms with E-state index in [1.807, 2.05) is 0 Å². The Labute approximate surface area is 177 Å². The van der Waals surface area contributed by atoms with Gasteiger partial charge < -0.3 is 29.5 Å². The molecule has 4 unspecified atom stereocenters. The molecule has 0 aromatic carbocycles. The smallest absolute Gasteiger partial charge is 0.308 e. The molecule has 1 aliphatic rings. The quantitative estimate of drug-likeness (QED) is 0.380. The Morgan fingerprint density at radius 2 is 1.60 bits per heavy atom. The molecule has 0 saturated carbocycles. The summed E-state index contributed by atoms with van der Waals surface area (Å²) in [5.74, 6) is -4.78. The Morgan fingerprint density at radius 3 is 1.77 bits per heavy atom. The highest BCUT2D eigenvalue weighted by Gasteiger charge is 2.40. The van der Waals surface area contributed by atoms with Crippen molar-refractivity contribution in [2.45, 2.75) is 72.4 Å². The third-order valence-electron chi connectivity index (χ3n) is 5.07. The topological polar surface area (TPSA) is 157 Å². The normalized spacial score (nSPS) is 22.4. The molecule has 30 heavy (non-hydrogen) atoms. The van der Waals surface area contributed by atoms with Gasteiger partial charge in [-0.15, -0.1) is 0 Å². The highest BCUT2D eigenvalue weighted by Crippen LogP contribution is 2.29. The maximum atomic E-state index is 10.5. The maximum absolute atomic E-state index is 10.5. The summed E-state index contributed by atoms with van der Waals surface area (Å²) in [6.45, 7) is 9.79. The van der Waals surface area contributed by atoms with Crippen molar-refractivity contribution in [3.8, 4) is 0 Å². The number of carboxylic acids is 2. The van der Waals surface area contributed by atoms with Gasteiger partial charge in [0.15, 0.2) is 5.79 Å². The molecule has 0 aliphatic carbocycles. The van der Waals surface area contributed by atoms with Crippen molar-refractivity contribution in [2.75, 3.05) is 14.2 Å². The summed E-state index contributed by atoms with van der Waals surface area (Å²) in [5, 5.41) is 25.9. The molecule has 1 saturated heterocycles. The number of aliphatic carboxylic acids is 2. The summed E-state index contributed by atoms with van der Waals surface area (Å²) < 4.78 is 14.7. The van der Waals surface area contributed by atoms with Gasteiger partial charge in [0, 0.05) is 38.9 Å². The molecule has 1 heterocycles. The lowest BCUT2D eigenvalue weighted by atomic mass is 9.98. The Balaban J connectivity index is 0. The molecule has 0 aromatic rings. The molecule has 1 aliphatic heterocycles. The fraction of sp³-hybridized carbons (Fsp3) is 0.800. The first-order chi connectivity index (χ1) is 13.5. The number of carbonyl (C=O) groups excluding carboxylic acids is 2. The number of carbonyl (C=O) groups is 4. The highest BCUT2D eigenvalue weighted by molar-refractivity contribution is 5.82. The summed E-state index contributed by atoms with van der Waals surface area (Å²) in [5.41, 5.74) is 0. The van der Waals surface area contributed by atoms with E-state index in [0.29, 0.717) is 6.42 Å². The van der Waals surface area contributed by atoms with Crippen LogP contribution in [0.5, 0.6) is 0 Å². The number of esters is 1. The average Bonchev–Trinajstić information content (AvgIpc) is 2.83. The molecule has 0 radical (unpaired) electrons. The molecule has 1 rings (SSSR count). The standard InChI is InChI=1S/C8H16O4.2C6H10O3/c1-6(5-7(9)10)8(2,11-3)12-4;1-4-3-5(7)9-6(4,2)8;1-4(5(2)7)3-6(8)9/h6H,5H2,1-4H3,(H,9,10);4,8H,3H2,1-2H3;4H,3H2,1-2H3,(H,8,9). The van der Waals surface area contributed by atoms with Crippen LogP contribution in [0.2, 0.25) is 0 Å². The number of cyclic esters (lactones) is 1. The van der Waals surface area contributed by atoms with E-state index in [9.17, 15) is 24.3 Å². The molecule has 176 valence electrons. The number of hydrogen-bond acceptors (Lipinski definition) is 8. The molecule has 0 bridgehead atoms. The second kappa shape index (κ2) is 13.3. The predicted octanol–water partition coefficient (Wildman–Crippen LogP) is 2.07. The van der Waals surface area contributed by atoms with Gasteiger partial charge in [0.05, 0.1) is 19.3 Å². The van der Waals surface area contributed by atoms with Crippen molar-refractivity contribution in [1.82, 2.24) is 0 Å². The highest BCUT2D eigenvalue weighted by atomic mass is 16.7. The molecular formula is C20H36O10. The second-order valence-electron chi connectivity index (χ2n) is 7.67. The Morgan fingerprint density at radius 1 is 1.17 bits per heavy atom. The van der Waals surface area contributed by atoms with Crippen molar-refractivity contribution in [3.63, 3.8) is 0 Å². The van der Waals surface area contributed by atoms with Gasteiger partial charge in [-0.2, -0.15) is 0 Å². The van der Waals surface area contributed by atoms with Gasteiger partial charge >= 0.3 is 17.9 Å². The molecule has 1 fully saturated rings. The zero-order chi connectivity index (χ0) is 24.3. The van der Waals surface area contributed by atoms with Crippen molar-refractivity contribution < 1.29 is 48.7 Å². The molecule has 4 atom stereocenters. The maximum Gasteiger partial charge on any atom is 0.308 e. The van der Waals surface area contributed by atoms with Crippen LogP contribution in [0, 0.1) is 17.8 Å².